The monoisotopic (exact) mass is 389 g/mol. The zero-order chi connectivity index (χ0) is 15.4. The Morgan fingerprint density at radius 3 is 2.71 bits per heavy atom. The average Bonchev–Trinajstić information content (AvgIpc) is 2.44. The van der Waals surface area contributed by atoms with Crippen LogP contribution in [0.4, 0.5) is 4.39 Å². The number of carbonyl (C=O) groups is 1. The molecule has 110 valence electrons. The van der Waals surface area contributed by atoms with Crippen LogP contribution in [-0.4, -0.2) is 12.5 Å². The minimum Gasteiger partial charge on any atom is -0.352 e. The van der Waals surface area contributed by atoms with E-state index in [1.54, 1.807) is 30.3 Å². The maximum atomic E-state index is 13.8. The average molecular weight is 391 g/mol. The molecule has 1 amide bonds. The van der Waals surface area contributed by atoms with Crippen molar-refractivity contribution in [2.24, 2.45) is 0 Å². The lowest BCUT2D eigenvalue weighted by Crippen LogP contribution is -2.26. The first-order chi connectivity index (χ1) is 9.99. The predicted octanol–water partition coefficient (Wildman–Crippen LogP) is 4.87. The van der Waals surface area contributed by atoms with E-state index >= 15 is 0 Å². The molecule has 0 saturated carbocycles. The Kier molecular flexibility index (Phi) is 5.62. The van der Waals surface area contributed by atoms with Gasteiger partial charge in [-0.3, -0.25) is 4.79 Å². The molecule has 0 aliphatic heterocycles. The molecule has 0 radical (unpaired) electrons. The van der Waals surface area contributed by atoms with Gasteiger partial charge in [0.05, 0.1) is 10.0 Å². The molecule has 1 N–H and O–H groups in total. The molecule has 2 aromatic rings. The fourth-order valence-electron chi connectivity index (χ4n) is 1.81. The number of hydrogen-bond acceptors (Lipinski definition) is 1. The van der Waals surface area contributed by atoms with Gasteiger partial charge in [0.15, 0.2) is 0 Å². The molecule has 0 fully saturated rings. The van der Waals surface area contributed by atoms with Crippen LogP contribution in [0.2, 0.25) is 10.0 Å². The molecule has 0 bridgehead atoms. The van der Waals surface area contributed by atoms with E-state index in [4.69, 9.17) is 23.2 Å². The summed E-state index contributed by atoms with van der Waals surface area (Å²) in [5.74, 6) is -1.03. The Morgan fingerprint density at radius 2 is 2.00 bits per heavy atom. The molecule has 0 aliphatic rings. The molecule has 2 rings (SSSR count). The molecule has 2 aromatic carbocycles. The van der Waals surface area contributed by atoms with Gasteiger partial charge in [0, 0.05) is 16.6 Å². The first-order valence-electron chi connectivity index (χ1n) is 6.15. The Bertz CT molecular complexity index is 679. The number of carbonyl (C=O) groups excluding carboxylic acids is 1. The topological polar surface area (TPSA) is 29.1 Å². The van der Waals surface area contributed by atoms with Crippen molar-refractivity contribution in [2.45, 2.75) is 6.42 Å². The largest absolute Gasteiger partial charge is 0.352 e. The van der Waals surface area contributed by atoms with Gasteiger partial charge in [-0.2, -0.15) is 0 Å². The molecule has 6 heteroatoms. The lowest BCUT2D eigenvalue weighted by atomic mass is 10.1. The van der Waals surface area contributed by atoms with Crippen LogP contribution in [0.3, 0.4) is 0 Å². The van der Waals surface area contributed by atoms with Crippen LogP contribution in [0.1, 0.15) is 15.9 Å². The first-order valence-corrected chi connectivity index (χ1v) is 7.70. The van der Waals surface area contributed by atoms with Gasteiger partial charge in [0.25, 0.3) is 5.91 Å². The van der Waals surface area contributed by atoms with Crippen LogP contribution >= 0.6 is 39.1 Å². The van der Waals surface area contributed by atoms with Crippen molar-refractivity contribution < 1.29 is 9.18 Å². The summed E-state index contributed by atoms with van der Waals surface area (Å²) in [7, 11) is 0. The number of amides is 1. The molecule has 0 spiro atoms. The standard InChI is InChI=1S/C15H11BrCl2FNO/c16-12-3-1-2-11(14(12)19)15(21)20-7-6-9-4-5-10(17)8-13(9)18/h1-5,8H,6-7H2,(H,20,21). The van der Waals surface area contributed by atoms with Gasteiger partial charge in [-0.05, 0) is 52.2 Å². The van der Waals surface area contributed by atoms with E-state index in [1.165, 1.54) is 6.07 Å². The van der Waals surface area contributed by atoms with Crippen molar-refractivity contribution >= 4 is 45.0 Å². The van der Waals surface area contributed by atoms with E-state index in [0.29, 0.717) is 23.0 Å². The van der Waals surface area contributed by atoms with Gasteiger partial charge < -0.3 is 5.32 Å². The normalized spacial score (nSPS) is 10.5. The van der Waals surface area contributed by atoms with Crippen LogP contribution in [0.5, 0.6) is 0 Å². The molecule has 0 heterocycles. The number of halogens is 4. The SMILES string of the molecule is O=C(NCCc1ccc(Cl)cc1Cl)c1cccc(Br)c1F. The quantitative estimate of drug-likeness (QED) is 0.792. The Hall–Kier alpha value is -1.10. The predicted molar refractivity (Wildman–Crippen MR) is 86.6 cm³/mol. The van der Waals surface area contributed by atoms with Crippen LogP contribution in [-0.2, 0) is 6.42 Å². The first kappa shape index (κ1) is 16.3. The van der Waals surface area contributed by atoms with Gasteiger partial charge in [0.2, 0.25) is 0 Å². The van der Waals surface area contributed by atoms with Crippen LogP contribution in [0, 0.1) is 5.82 Å². The van der Waals surface area contributed by atoms with Gasteiger partial charge in [-0.25, -0.2) is 4.39 Å². The highest BCUT2D eigenvalue weighted by molar-refractivity contribution is 9.10. The molecular weight excluding hydrogens is 380 g/mol. The van der Waals surface area contributed by atoms with Crippen LogP contribution in [0.25, 0.3) is 0 Å². The van der Waals surface area contributed by atoms with Crippen LogP contribution < -0.4 is 5.32 Å². The molecule has 0 atom stereocenters. The summed E-state index contributed by atoms with van der Waals surface area (Å²) in [6, 6.07) is 9.77. The van der Waals surface area contributed by atoms with E-state index in [9.17, 15) is 9.18 Å². The summed E-state index contributed by atoms with van der Waals surface area (Å²) in [6.45, 7) is 0.353. The molecule has 0 aromatic heterocycles. The van der Waals surface area contributed by atoms with E-state index in [-0.39, 0.29) is 10.0 Å². The molecule has 21 heavy (non-hydrogen) atoms. The lowest BCUT2D eigenvalue weighted by Gasteiger charge is -2.08. The fourth-order valence-corrected chi connectivity index (χ4v) is 2.68. The number of nitrogens with one attached hydrogen (secondary N) is 1. The van der Waals surface area contributed by atoms with Crippen molar-refractivity contribution in [3.05, 3.63) is 67.9 Å². The van der Waals surface area contributed by atoms with E-state index in [0.717, 1.165) is 5.56 Å². The highest BCUT2D eigenvalue weighted by Crippen LogP contribution is 2.21. The highest BCUT2D eigenvalue weighted by Gasteiger charge is 2.13. The Balaban J connectivity index is 1.97. The third kappa shape index (κ3) is 4.19. The lowest BCUT2D eigenvalue weighted by molar-refractivity contribution is 0.0950. The third-order valence-corrected chi connectivity index (χ3v) is 4.09. The minimum absolute atomic E-state index is 0.00609. The van der Waals surface area contributed by atoms with Gasteiger partial charge in [-0.1, -0.05) is 35.3 Å². The third-order valence-electron chi connectivity index (χ3n) is 2.89. The summed E-state index contributed by atoms with van der Waals surface area (Å²) < 4.78 is 14.0. The smallest absolute Gasteiger partial charge is 0.254 e. The molecule has 2 nitrogen and oxygen atoms in total. The van der Waals surface area contributed by atoms with Gasteiger partial charge in [-0.15, -0.1) is 0 Å². The van der Waals surface area contributed by atoms with Crippen molar-refractivity contribution in [2.75, 3.05) is 6.54 Å². The van der Waals surface area contributed by atoms with Gasteiger partial charge >= 0.3 is 0 Å². The Morgan fingerprint density at radius 1 is 1.24 bits per heavy atom. The van der Waals surface area contributed by atoms with Gasteiger partial charge in [0.1, 0.15) is 5.82 Å². The highest BCUT2D eigenvalue weighted by atomic mass is 79.9. The van der Waals surface area contributed by atoms with Crippen molar-refractivity contribution in [3.8, 4) is 0 Å². The fraction of sp³-hybridized carbons (Fsp3) is 0.133. The second-order valence-corrected chi connectivity index (χ2v) is 6.04. The number of benzene rings is 2. The zero-order valence-corrected chi connectivity index (χ0v) is 13.9. The number of hydrogen-bond donors (Lipinski definition) is 1. The molecule has 0 unspecified atom stereocenters. The summed E-state index contributed by atoms with van der Waals surface area (Å²) in [4.78, 5) is 11.9. The summed E-state index contributed by atoms with van der Waals surface area (Å²) in [5.41, 5.74) is 0.877. The minimum atomic E-state index is -0.570. The summed E-state index contributed by atoms with van der Waals surface area (Å²) >= 11 is 14.9. The second-order valence-electron chi connectivity index (χ2n) is 4.34. The Labute approximate surface area is 140 Å². The molecular formula is C15H11BrCl2FNO. The maximum Gasteiger partial charge on any atom is 0.254 e. The van der Waals surface area contributed by atoms with E-state index < -0.39 is 11.7 Å². The summed E-state index contributed by atoms with van der Waals surface area (Å²) in [6.07, 6.45) is 0.539. The molecule has 0 saturated heterocycles. The van der Waals surface area contributed by atoms with Crippen molar-refractivity contribution in [3.63, 3.8) is 0 Å². The van der Waals surface area contributed by atoms with E-state index in [1.807, 2.05) is 0 Å². The number of rotatable bonds is 4. The maximum absolute atomic E-state index is 13.8. The van der Waals surface area contributed by atoms with Crippen LogP contribution in [0.15, 0.2) is 40.9 Å². The van der Waals surface area contributed by atoms with E-state index in [2.05, 4.69) is 21.2 Å². The van der Waals surface area contributed by atoms with Crippen molar-refractivity contribution in [1.82, 2.24) is 5.32 Å². The van der Waals surface area contributed by atoms with Crippen molar-refractivity contribution in [1.29, 1.82) is 0 Å². The molecule has 0 aliphatic carbocycles. The second kappa shape index (κ2) is 7.25. The summed E-state index contributed by atoms with van der Waals surface area (Å²) in [5, 5.41) is 3.77. The zero-order valence-electron chi connectivity index (χ0n) is 10.8.